The van der Waals surface area contributed by atoms with Gasteiger partial charge in [-0.05, 0) is 30.3 Å². The van der Waals surface area contributed by atoms with Crippen molar-refractivity contribution in [2.75, 3.05) is 16.4 Å². The molecule has 0 atom stereocenters. The van der Waals surface area contributed by atoms with Gasteiger partial charge in [0.15, 0.2) is 11.6 Å². The van der Waals surface area contributed by atoms with Gasteiger partial charge < -0.3 is 16.4 Å². The molecule has 0 unspecified atom stereocenters. The van der Waals surface area contributed by atoms with Gasteiger partial charge in [0.1, 0.15) is 12.0 Å². The molecule has 0 bridgehead atoms. The molecule has 0 fully saturated rings. The first-order valence-corrected chi connectivity index (χ1v) is 7.38. The van der Waals surface area contributed by atoms with Crippen molar-refractivity contribution in [3.63, 3.8) is 0 Å². The van der Waals surface area contributed by atoms with E-state index in [9.17, 15) is 0 Å². The van der Waals surface area contributed by atoms with E-state index in [1.54, 1.807) is 30.6 Å². The van der Waals surface area contributed by atoms with Crippen molar-refractivity contribution >= 4 is 51.9 Å². The molecule has 0 aliphatic heterocycles. The number of nitrogens with one attached hydrogen (secondary N) is 2. The number of benzene rings is 1. The Morgan fingerprint density at radius 3 is 2.30 bits per heavy atom. The molecule has 0 amide bonds. The van der Waals surface area contributed by atoms with Crippen molar-refractivity contribution in [2.45, 2.75) is 0 Å². The summed E-state index contributed by atoms with van der Waals surface area (Å²) in [5.74, 6) is 0.945. The number of halogens is 2. The molecule has 8 heteroatoms. The Hall–Kier alpha value is -2.57. The largest absolute Gasteiger partial charge is 0.393 e. The van der Waals surface area contributed by atoms with Crippen LogP contribution in [0.15, 0.2) is 49.1 Å². The number of nitrogens with zero attached hydrogens (tertiary/aromatic N) is 3. The van der Waals surface area contributed by atoms with Gasteiger partial charge in [0.2, 0.25) is 0 Å². The Morgan fingerprint density at radius 1 is 0.913 bits per heavy atom. The van der Waals surface area contributed by atoms with Crippen LogP contribution in [0.5, 0.6) is 0 Å². The Kier molecular flexibility index (Phi) is 4.45. The van der Waals surface area contributed by atoms with Crippen molar-refractivity contribution in [3.8, 4) is 0 Å². The van der Waals surface area contributed by atoms with Gasteiger partial charge in [-0.3, -0.25) is 4.98 Å². The van der Waals surface area contributed by atoms with Crippen molar-refractivity contribution in [1.82, 2.24) is 15.0 Å². The highest BCUT2D eigenvalue weighted by Crippen LogP contribution is 2.30. The summed E-state index contributed by atoms with van der Waals surface area (Å²) in [4.78, 5) is 12.3. The van der Waals surface area contributed by atoms with Crippen LogP contribution in [0.3, 0.4) is 0 Å². The standard InChI is InChI=1S/C15H12Cl2N6/c16-11-4-3-9(6-12(11)17)22-14-13(18)15(21-8-20-14)23-10-2-1-5-19-7-10/h1-8H,18H2,(H2,20,21,22,23). The van der Waals surface area contributed by atoms with E-state index in [1.165, 1.54) is 6.33 Å². The summed E-state index contributed by atoms with van der Waals surface area (Å²) in [6.45, 7) is 0. The lowest BCUT2D eigenvalue weighted by Gasteiger charge is -2.12. The fourth-order valence-corrected chi connectivity index (χ4v) is 2.18. The highest BCUT2D eigenvalue weighted by atomic mass is 35.5. The molecule has 3 rings (SSSR count). The smallest absolute Gasteiger partial charge is 0.159 e. The number of pyridine rings is 1. The summed E-state index contributed by atoms with van der Waals surface area (Å²) < 4.78 is 0. The molecule has 0 saturated heterocycles. The minimum Gasteiger partial charge on any atom is -0.393 e. The Morgan fingerprint density at radius 2 is 1.65 bits per heavy atom. The van der Waals surface area contributed by atoms with E-state index in [2.05, 4.69) is 25.6 Å². The predicted octanol–water partition coefficient (Wildman–Crippen LogP) is 4.25. The summed E-state index contributed by atoms with van der Waals surface area (Å²) in [5.41, 5.74) is 7.99. The summed E-state index contributed by atoms with van der Waals surface area (Å²) in [6.07, 6.45) is 4.77. The maximum absolute atomic E-state index is 6.12. The fourth-order valence-electron chi connectivity index (χ4n) is 1.88. The van der Waals surface area contributed by atoms with Gasteiger partial charge in [0.25, 0.3) is 0 Å². The van der Waals surface area contributed by atoms with E-state index in [1.807, 2.05) is 12.1 Å². The van der Waals surface area contributed by atoms with Crippen LogP contribution in [-0.4, -0.2) is 15.0 Å². The third-order valence-electron chi connectivity index (χ3n) is 2.99. The highest BCUT2D eigenvalue weighted by Gasteiger charge is 2.09. The van der Waals surface area contributed by atoms with Gasteiger partial charge in [-0.25, -0.2) is 9.97 Å². The molecular weight excluding hydrogens is 335 g/mol. The van der Waals surface area contributed by atoms with E-state index in [0.29, 0.717) is 27.4 Å². The van der Waals surface area contributed by atoms with Crippen LogP contribution in [-0.2, 0) is 0 Å². The van der Waals surface area contributed by atoms with Gasteiger partial charge in [0, 0.05) is 11.9 Å². The second-order valence-corrected chi connectivity index (χ2v) is 5.42. The van der Waals surface area contributed by atoms with Crippen molar-refractivity contribution in [2.24, 2.45) is 0 Å². The molecule has 1 aromatic carbocycles. The lowest BCUT2D eigenvalue weighted by molar-refractivity contribution is 1.17. The summed E-state index contributed by atoms with van der Waals surface area (Å²) in [6, 6.07) is 8.84. The molecule has 0 radical (unpaired) electrons. The Labute approximate surface area is 142 Å². The second kappa shape index (κ2) is 6.68. The van der Waals surface area contributed by atoms with E-state index >= 15 is 0 Å². The first kappa shape index (κ1) is 15.3. The molecule has 2 heterocycles. The lowest BCUT2D eigenvalue weighted by atomic mass is 10.3. The van der Waals surface area contributed by atoms with Crippen LogP contribution in [0.2, 0.25) is 10.0 Å². The van der Waals surface area contributed by atoms with Crippen molar-refractivity contribution < 1.29 is 0 Å². The first-order valence-electron chi connectivity index (χ1n) is 6.63. The number of hydrogen-bond donors (Lipinski definition) is 3. The second-order valence-electron chi connectivity index (χ2n) is 4.61. The molecule has 0 aliphatic rings. The Bertz CT molecular complexity index is 825. The first-order chi connectivity index (χ1) is 11.1. The predicted molar refractivity (Wildman–Crippen MR) is 93.7 cm³/mol. The zero-order valence-electron chi connectivity index (χ0n) is 11.8. The number of nitrogen functional groups attached to an aromatic ring is 1. The summed E-state index contributed by atoms with van der Waals surface area (Å²) >= 11 is 11.9. The van der Waals surface area contributed by atoms with Crippen molar-refractivity contribution in [3.05, 3.63) is 59.1 Å². The van der Waals surface area contributed by atoms with E-state index in [0.717, 1.165) is 11.4 Å². The monoisotopic (exact) mass is 346 g/mol. The number of anilines is 5. The van der Waals surface area contributed by atoms with Gasteiger partial charge in [-0.15, -0.1) is 0 Å². The van der Waals surface area contributed by atoms with Crippen LogP contribution in [0.1, 0.15) is 0 Å². The minimum absolute atomic E-state index is 0.377. The Balaban J connectivity index is 1.86. The van der Waals surface area contributed by atoms with Gasteiger partial charge in [-0.1, -0.05) is 23.2 Å². The van der Waals surface area contributed by atoms with Crippen LogP contribution < -0.4 is 16.4 Å². The number of nitrogens with two attached hydrogens (primary N) is 1. The highest BCUT2D eigenvalue weighted by molar-refractivity contribution is 6.42. The number of hydrogen-bond acceptors (Lipinski definition) is 6. The van der Waals surface area contributed by atoms with Crippen LogP contribution in [0.4, 0.5) is 28.7 Å². The molecule has 23 heavy (non-hydrogen) atoms. The maximum Gasteiger partial charge on any atom is 0.159 e. The van der Waals surface area contributed by atoms with Gasteiger partial charge in [-0.2, -0.15) is 0 Å². The van der Waals surface area contributed by atoms with E-state index < -0.39 is 0 Å². The number of aromatic nitrogens is 3. The molecule has 4 N–H and O–H groups in total. The van der Waals surface area contributed by atoms with Crippen LogP contribution in [0.25, 0.3) is 0 Å². The topological polar surface area (TPSA) is 88.8 Å². The maximum atomic E-state index is 6.12. The lowest BCUT2D eigenvalue weighted by Crippen LogP contribution is -2.05. The number of rotatable bonds is 4. The third-order valence-corrected chi connectivity index (χ3v) is 3.73. The minimum atomic E-state index is 0.377. The molecule has 116 valence electrons. The molecule has 0 aliphatic carbocycles. The zero-order chi connectivity index (χ0) is 16.2. The molecule has 0 saturated carbocycles. The normalized spacial score (nSPS) is 10.3. The van der Waals surface area contributed by atoms with E-state index in [4.69, 9.17) is 28.9 Å². The third kappa shape index (κ3) is 3.61. The van der Waals surface area contributed by atoms with Crippen LogP contribution >= 0.6 is 23.2 Å². The molecule has 6 nitrogen and oxygen atoms in total. The average molecular weight is 347 g/mol. The molecule has 3 aromatic rings. The molecule has 2 aromatic heterocycles. The molecule has 0 spiro atoms. The fraction of sp³-hybridized carbons (Fsp3) is 0. The van der Waals surface area contributed by atoms with Gasteiger partial charge >= 0.3 is 0 Å². The quantitative estimate of drug-likeness (QED) is 0.654. The zero-order valence-corrected chi connectivity index (χ0v) is 13.3. The summed E-state index contributed by atoms with van der Waals surface area (Å²) in [7, 11) is 0. The average Bonchev–Trinajstić information content (AvgIpc) is 2.56. The van der Waals surface area contributed by atoms with E-state index in [-0.39, 0.29) is 0 Å². The molecular formula is C15H12Cl2N6. The SMILES string of the molecule is Nc1c(Nc2cccnc2)ncnc1Nc1ccc(Cl)c(Cl)c1. The van der Waals surface area contributed by atoms with Crippen molar-refractivity contribution in [1.29, 1.82) is 0 Å². The van der Waals surface area contributed by atoms with Crippen LogP contribution in [0, 0.1) is 0 Å². The summed E-state index contributed by atoms with van der Waals surface area (Å²) in [5, 5.41) is 7.11. The van der Waals surface area contributed by atoms with Gasteiger partial charge in [0.05, 0.1) is 21.9 Å².